The summed E-state index contributed by atoms with van der Waals surface area (Å²) in [6.45, 7) is 1.92. The van der Waals surface area contributed by atoms with E-state index in [9.17, 15) is 4.79 Å². The summed E-state index contributed by atoms with van der Waals surface area (Å²) in [7, 11) is 0. The van der Waals surface area contributed by atoms with E-state index in [1.54, 1.807) is 24.3 Å². The molecule has 0 aromatic heterocycles. The van der Waals surface area contributed by atoms with Crippen LogP contribution < -0.4 is 0 Å². The lowest BCUT2D eigenvalue weighted by atomic mass is 10.2. The molecule has 0 aliphatic heterocycles. The number of benzene rings is 1. The molecule has 1 rings (SSSR count). The smallest absolute Gasteiger partial charge is 0.335 e. The van der Waals surface area contributed by atoms with Gasteiger partial charge in [-0.25, -0.2) is 4.79 Å². The zero-order valence-corrected chi connectivity index (χ0v) is 5.66. The van der Waals surface area contributed by atoms with Crippen LogP contribution in [0.3, 0.4) is 0 Å². The summed E-state index contributed by atoms with van der Waals surface area (Å²) in [6.07, 6.45) is 0. The van der Waals surface area contributed by atoms with E-state index < -0.39 is 5.97 Å². The molecule has 0 unspecified atom stereocenters. The third-order valence-corrected chi connectivity index (χ3v) is 1.30. The first kappa shape index (κ1) is 6.81. The predicted octanol–water partition coefficient (Wildman–Crippen LogP) is 1.69. The van der Waals surface area contributed by atoms with Crippen molar-refractivity contribution >= 4 is 5.97 Å². The lowest BCUT2D eigenvalue weighted by molar-refractivity contribution is 0.0697. The molecule has 2 nitrogen and oxygen atoms in total. The van der Waals surface area contributed by atoms with Crippen LogP contribution in [-0.4, -0.2) is 11.1 Å². The zero-order valence-electron chi connectivity index (χ0n) is 5.66. The van der Waals surface area contributed by atoms with E-state index in [1.165, 1.54) is 0 Å². The molecule has 0 bridgehead atoms. The van der Waals surface area contributed by atoms with Gasteiger partial charge >= 0.3 is 5.97 Å². The molecule has 0 saturated heterocycles. The Morgan fingerprint density at radius 3 is 2.20 bits per heavy atom. The second-order valence-corrected chi connectivity index (χ2v) is 2.17. The number of carbonyl (C=O) groups is 1. The molecule has 0 spiro atoms. The van der Waals surface area contributed by atoms with Crippen LogP contribution in [0.1, 0.15) is 15.9 Å². The monoisotopic (exact) mass is 237 g/mol. The van der Waals surface area contributed by atoms with Gasteiger partial charge in [-0.15, -0.1) is 0 Å². The molecule has 0 aliphatic carbocycles. The van der Waals surface area contributed by atoms with Crippen molar-refractivity contribution in [2.45, 2.75) is 6.92 Å². The Labute approximate surface area is 59.1 Å². The summed E-state index contributed by atoms with van der Waals surface area (Å²) in [5.41, 5.74) is 1.41. The van der Waals surface area contributed by atoms with Gasteiger partial charge in [0.25, 0.3) is 0 Å². The molecule has 1 N–H and O–H groups in total. The molecule has 10 heavy (non-hydrogen) atoms. The summed E-state index contributed by atoms with van der Waals surface area (Å²) in [4.78, 5) is 10.3. The third-order valence-electron chi connectivity index (χ3n) is 1.30. The number of hydrogen-bond acceptors (Lipinski definition) is 1. The highest BCUT2D eigenvalue weighted by atomic mass is 113. The molecule has 2 heteroatoms. The van der Waals surface area contributed by atoms with Gasteiger partial charge in [0.1, 0.15) is 0 Å². The minimum Gasteiger partial charge on any atom is -0.478 e. The Morgan fingerprint density at radius 2 is 1.80 bits per heavy atom. The molecular weight excluding hydrogens is 229 g/mol. The van der Waals surface area contributed by atoms with E-state index in [-0.39, 0.29) is 0 Å². The molecule has 0 amide bonds. The second kappa shape index (κ2) is 2.52. The first-order valence-electron chi connectivity index (χ1n) is 3.00. The minimum absolute atomic E-state index is 0.339. The first-order chi connectivity index (χ1) is 4.70. The molecule has 52 valence electrons. The van der Waals surface area contributed by atoms with Crippen molar-refractivity contribution in [2.75, 3.05) is 0 Å². The van der Waals surface area contributed by atoms with Crippen molar-refractivity contribution in [1.82, 2.24) is 0 Å². The van der Waals surface area contributed by atoms with Crippen LogP contribution in [0, 0.1) is 6.92 Å². The zero-order chi connectivity index (χ0) is 7.56. The third kappa shape index (κ3) is 1.35. The molecule has 0 saturated carbocycles. The van der Waals surface area contributed by atoms with Gasteiger partial charge in [0.05, 0.1) is 5.56 Å². The number of rotatable bonds is 1. The van der Waals surface area contributed by atoms with E-state index in [0.29, 0.717) is 5.56 Å². The van der Waals surface area contributed by atoms with Gasteiger partial charge < -0.3 is 5.11 Å². The average molecular weight is 237 g/mol. The summed E-state index contributed by atoms with van der Waals surface area (Å²) >= 11 is 0. The molecule has 0 atom stereocenters. The van der Waals surface area contributed by atoms with E-state index in [2.05, 4.69) is 0 Å². The van der Waals surface area contributed by atoms with Gasteiger partial charge in [0, 0.05) is 0 Å². The molecular formula is C8H8O2. The summed E-state index contributed by atoms with van der Waals surface area (Å²) in [5, 5.41) is 8.48. The van der Waals surface area contributed by atoms with Crippen LogP contribution >= 0.6 is 0 Å². The van der Waals surface area contributed by atoms with Crippen LogP contribution in [0.4, 0.5) is 0 Å². The lowest BCUT2D eigenvalue weighted by Crippen LogP contribution is -1.94. The fourth-order valence-electron chi connectivity index (χ4n) is 0.696. The normalized spacial score (nSPS) is 9.30. The largest absolute Gasteiger partial charge is 0.478 e. The summed E-state index contributed by atoms with van der Waals surface area (Å²) in [6, 6.07) is 6.75. The van der Waals surface area contributed by atoms with Crippen LogP contribution in [0.25, 0.3) is 0 Å². The first-order valence-corrected chi connectivity index (χ1v) is 3.00. The van der Waals surface area contributed by atoms with Crippen LogP contribution in [0.15, 0.2) is 24.3 Å². The SMILES string of the molecule is [113CH3]c1ccc(C(=O)O)cc1. The number of aryl methyl sites for hydroxylation is 1. The number of carboxylic acids is 1. The quantitative estimate of drug-likeness (QED) is 0.807. The molecule has 0 radical (unpaired) electrons. The molecule has 1 aromatic rings. The maximum absolute atomic E-state index is 10.3. The second-order valence-electron chi connectivity index (χ2n) is 2.17. The van der Waals surface area contributed by atoms with E-state index >= 15 is 0 Å². The van der Waals surface area contributed by atoms with Crippen LogP contribution in [-0.2, 0) is 0 Å². The highest BCUT2D eigenvalue weighted by molar-refractivity contribution is 5.87. The Hall–Kier alpha value is -1.31. The standard InChI is InChI=1S/C8H8O2/c1-6-2-4-7(5-3-6)8(9)10/h2-5H,1H3,(H,9,10)/i1+105. The van der Waals surface area contributed by atoms with Crippen molar-refractivity contribution in [1.29, 1.82) is 0 Å². The highest BCUT2D eigenvalue weighted by Crippen LogP contribution is 2.01. The fraction of sp³-hybridized carbons (Fsp3) is 0.125. The van der Waals surface area contributed by atoms with Gasteiger partial charge in [-0.05, 0) is 19.1 Å². The van der Waals surface area contributed by atoms with Crippen LogP contribution in [0.2, 0.25) is 0 Å². The van der Waals surface area contributed by atoms with Crippen molar-refractivity contribution in [3.05, 3.63) is 35.4 Å². The molecule has 0 aliphatic rings. The molecule has 0 heterocycles. The number of aromatic carboxylic acids is 1. The van der Waals surface area contributed by atoms with Gasteiger partial charge in [-0.1, -0.05) is 17.7 Å². The van der Waals surface area contributed by atoms with E-state index in [0.717, 1.165) is 5.56 Å². The minimum atomic E-state index is -0.875. The Kier molecular flexibility index (Phi) is 1.71. The number of hydrogen-bond donors (Lipinski definition) is 1. The van der Waals surface area contributed by atoms with Crippen molar-refractivity contribution in [3.63, 3.8) is 0 Å². The van der Waals surface area contributed by atoms with Gasteiger partial charge in [0.15, 0.2) is 0 Å². The van der Waals surface area contributed by atoms with Crippen LogP contribution in [0.5, 0.6) is 0 Å². The summed E-state index contributed by atoms with van der Waals surface area (Å²) < 4.78 is 0. The Balaban J connectivity index is 3.00. The van der Waals surface area contributed by atoms with E-state index in [1.807, 2.05) is 6.92 Å². The lowest BCUT2D eigenvalue weighted by Gasteiger charge is -1.92. The molecule has 1 aromatic carbocycles. The van der Waals surface area contributed by atoms with Gasteiger partial charge in [-0.2, -0.15) is 0 Å². The van der Waals surface area contributed by atoms with Crippen molar-refractivity contribution in [3.8, 4) is 0 Å². The van der Waals surface area contributed by atoms with Crippen molar-refractivity contribution < 1.29 is 9.90 Å². The van der Waals surface area contributed by atoms with Gasteiger partial charge in [0.2, 0.25) is 0 Å². The maximum Gasteiger partial charge on any atom is 0.335 e. The fourth-order valence-corrected chi connectivity index (χ4v) is 0.696. The topological polar surface area (TPSA) is 37.3 Å². The average Bonchev–Trinajstić information content (AvgIpc) is 1.88. The molecule has 0 fully saturated rings. The predicted molar refractivity (Wildman–Crippen MR) is 38.1 cm³/mol. The summed E-state index contributed by atoms with van der Waals surface area (Å²) in [5.74, 6) is -0.875. The van der Waals surface area contributed by atoms with Crippen molar-refractivity contribution in [2.24, 2.45) is 0 Å². The van der Waals surface area contributed by atoms with E-state index in [4.69, 9.17) is 5.11 Å². The van der Waals surface area contributed by atoms with Gasteiger partial charge in [-0.3, -0.25) is 0 Å². The highest BCUT2D eigenvalue weighted by Gasteiger charge is 1.98. The maximum atomic E-state index is 10.3. The Morgan fingerprint density at radius 1 is 1.30 bits per heavy atom. The Bertz CT molecular complexity index is 236. The number of carboxylic acid groups (broad SMARTS) is 1.